The van der Waals surface area contributed by atoms with E-state index in [9.17, 15) is 0 Å². The molecule has 3 unspecified atom stereocenters. The number of allylic oxidation sites excluding steroid dienone is 12. The van der Waals surface area contributed by atoms with Gasteiger partial charge in [-0.3, -0.25) is 0 Å². The van der Waals surface area contributed by atoms with Gasteiger partial charge in [0.25, 0.3) is 0 Å². The van der Waals surface area contributed by atoms with E-state index >= 15 is 0 Å². The standard InChI is InChI=1S/C102H72S2/c1-101(2)88-48-41-69(55-86(88)82-46-45-79-80(99(82)101)47-50-91-98(79)83-37-16-17-38-90(83)103-91)97-77-35-14-10-31-73(77)95(74-32-11-15-36-78(74)97)67-28-20-26-63(53-67)61-24-18-25-62(51-61)64-39-43-70-87-58-84-65(57-93(87)104-92(70)56-64)40-44-81-85-54-68(42-49-89(85)102(3,4)100(81)84)96-75-33-12-8-29-71(75)94(72-30-9-13-34-76(72)96)66-27-19-23-60(52-66)59-21-6-5-7-22-59/h5-51,55-58,60,63,85H,52-54H2,1-4H3. The maximum atomic E-state index is 2.56. The Balaban J connectivity index is 0.568. The van der Waals surface area contributed by atoms with Gasteiger partial charge in [-0.2, -0.15) is 0 Å². The van der Waals surface area contributed by atoms with Crippen LogP contribution in [0.1, 0.15) is 115 Å². The molecule has 15 aromatic carbocycles. The first kappa shape index (κ1) is 60.3. The third-order valence-electron chi connectivity index (χ3n) is 24.9. The van der Waals surface area contributed by atoms with Gasteiger partial charge in [0.1, 0.15) is 0 Å². The highest BCUT2D eigenvalue weighted by molar-refractivity contribution is 7.26. The molecule has 5 aliphatic carbocycles. The van der Waals surface area contributed by atoms with E-state index in [0.29, 0.717) is 11.8 Å². The van der Waals surface area contributed by atoms with Crippen LogP contribution in [0.2, 0.25) is 0 Å². The molecular weight excluding hydrogens is 1290 g/mol. The molecule has 0 saturated carbocycles. The largest absolute Gasteiger partial charge is 0.135 e. The van der Waals surface area contributed by atoms with Crippen molar-refractivity contribution in [2.75, 3.05) is 0 Å². The Hall–Kier alpha value is -11.3. The minimum absolute atomic E-state index is 0.138. The van der Waals surface area contributed by atoms with Crippen LogP contribution in [0.15, 0.2) is 315 Å². The lowest BCUT2D eigenvalue weighted by molar-refractivity contribution is 0.618. The van der Waals surface area contributed by atoms with E-state index in [1.807, 2.05) is 22.7 Å². The average Bonchev–Trinajstić information content (AvgIpc) is 1.57. The minimum atomic E-state index is -0.163. The van der Waals surface area contributed by atoms with Gasteiger partial charge in [0.2, 0.25) is 0 Å². The van der Waals surface area contributed by atoms with Crippen LogP contribution in [0.3, 0.4) is 0 Å². The molecule has 17 aromatic rings. The Labute approximate surface area is 613 Å². The van der Waals surface area contributed by atoms with Crippen molar-refractivity contribution in [1.29, 1.82) is 0 Å². The topological polar surface area (TPSA) is 0 Å². The summed E-state index contributed by atoms with van der Waals surface area (Å²) < 4.78 is 5.38. The fraction of sp³-hybridized carbons (Fsp3) is 0.118. The summed E-state index contributed by atoms with van der Waals surface area (Å²) >= 11 is 3.84. The quantitative estimate of drug-likeness (QED) is 0.140. The van der Waals surface area contributed by atoms with E-state index in [0.717, 1.165) is 19.3 Å². The molecule has 0 radical (unpaired) electrons. The lowest BCUT2D eigenvalue weighted by atomic mass is 9.74. The molecule has 0 amide bonds. The van der Waals surface area contributed by atoms with E-state index < -0.39 is 0 Å². The van der Waals surface area contributed by atoms with Crippen molar-refractivity contribution in [2.24, 2.45) is 0 Å². The Morgan fingerprint density at radius 1 is 0.308 bits per heavy atom. The van der Waals surface area contributed by atoms with Crippen LogP contribution in [-0.4, -0.2) is 0 Å². The average molecular weight is 1360 g/mol. The molecule has 0 nitrogen and oxygen atoms in total. The van der Waals surface area contributed by atoms with Crippen molar-refractivity contribution < 1.29 is 0 Å². The van der Waals surface area contributed by atoms with Gasteiger partial charge in [0, 0.05) is 68.9 Å². The van der Waals surface area contributed by atoms with E-state index in [4.69, 9.17) is 0 Å². The van der Waals surface area contributed by atoms with Crippen molar-refractivity contribution in [1.82, 2.24) is 0 Å². The highest BCUT2D eigenvalue weighted by Crippen LogP contribution is 2.60. The zero-order chi connectivity index (χ0) is 68.8. The zero-order valence-corrected chi connectivity index (χ0v) is 60.2. The monoisotopic (exact) mass is 1360 g/mol. The van der Waals surface area contributed by atoms with Gasteiger partial charge in [-0.25, -0.2) is 0 Å². The number of fused-ring (bicyclic) bond motifs is 21. The Kier molecular flexibility index (Phi) is 13.1. The van der Waals surface area contributed by atoms with Gasteiger partial charge in [0.15, 0.2) is 0 Å². The number of hydrogen-bond acceptors (Lipinski definition) is 2. The number of rotatable bonds is 7. The lowest BCUT2D eigenvalue weighted by Crippen LogP contribution is -2.18. The Morgan fingerprint density at radius 2 is 0.856 bits per heavy atom. The van der Waals surface area contributed by atoms with Crippen LogP contribution in [0.4, 0.5) is 0 Å². The SMILES string of the molecule is CC1(C)C2=CC=C(c3c4ccccc4c(C4=CC=CC(c5ccccc5)C4)c4ccccc34)CC2c2ccc3cc4sc5cc(-c6cccc(C7C=CC=C(c8c9ccccc9c(-c9ccc%10c(c9)-c9ccc%11c(ccc%12sc%13ccccc%13c%12%11)c9C%10(C)C)c9ccccc89)C7)c6)ccc5c4cc3c21. The third kappa shape index (κ3) is 8.83. The maximum absolute atomic E-state index is 2.56. The highest BCUT2D eigenvalue weighted by atomic mass is 32.1. The molecule has 5 aliphatic rings. The fourth-order valence-corrected chi connectivity index (χ4v) is 22.6. The number of thiophene rings is 2. The van der Waals surface area contributed by atoms with Crippen LogP contribution < -0.4 is 0 Å². The van der Waals surface area contributed by atoms with Crippen LogP contribution >= 0.6 is 22.7 Å². The summed E-state index contributed by atoms with van der Waals surface area (Å²) in [6.07, 6.45) is 22.0. The van der Waals surface area contributed by atoms with Crippen LogP contribution in [0, 0.1) is 0 Å². The van der Waals surface area contributed by atoms with Gasteiger partial charge in [-0.05, 0) is 220 Å². The van der Waals surface area contributed by atoms with Crippen LogP contribution in [-0.2, 0) is 10.8 Å². The zero-order valence-electron chi connectivity index (χ0n) is 58.6. The molecule has 492 valence electrons. The van der Waals surface area contributed by atoms with Gasteiger partial charge >= 0.3 is 0 Å². The molecule has 2 heterocycles. The third-order valence-corrected chi connectivity index (χ3v) is 27.2. The first-order valence-electron chi connectivity index (χ1n) is 37.2. The lowest BCUT2D eigenvalue weighted by Gasteiger charge is -2.29. The Bertz CT molecular complexity index is 6760. The predicted molar refractivity (Wildman–Crippen MR) is 450 cm³/mol. The minimum Gasteiger partial charge on any atom is -0.135 e. The number of benzene rings is 15. The smallest absolute Gasteiger partial charge is 0.0361 e. The second-order valence-electron chi connectivity index (χ2n) is 31.1. The summed E-state index contributed by atoms with van der Waals surface area (Å²) in [4.78, 5) is 0. The molecule has 0 bridgehead atoms. The molecule has 0 saturated heterocycles. The first-order valence-corrected chi connectivity index (χ1v) is 38.9. The second-order valence-corrected chi connectivity index (χ2v) is 33.3. The normalized spacial score (nSPS) is 17.9. The summed E-state index contributed by atoms with van der Waals surface area (Å²) in [6, 6.07) is 100. The Morgan fingerprint density at radius 3 is 1.53 bits per heavy atom. The molecule has 2 heteroatoms. The molecule has 0 spiro atoms. The van der Waals surface area contributed by atoms with Crippen molar-refractivity contribution in [2.45, 2.75) is 75.5 Å². The van der Waals surface area contributed by atoms with Gasteiger partial charge in [0.05, 0.1) is 0 Å². The molecule has 104 heavy (non-hydrogen) atoms. The second kappa shape index (κ2) is 22.6. The van der Waals surface area contributed by atoms with Crippen molar-refractivity contribution >= 4 is 144 Å². The van der Waals surface area contributed by atoms with Gasteiger partial charge < -0.3 is 0 Å². The van der Waals surface area contributed by atoms with E-state index in [1.54, 1.807) is 0 Å². The summed E-state index contributed by atoms with van der Waals surface area (Å²) in [5.41, 5.74) is 25.9. The first-order chi connectivity index (χ1) is 51.1. The predicted octanol–water partition coefficient (Wildman–Crippen LogP) is 29.0. The molecule has 22 rings (SSSR count). The van der Waals surface area contributed by atoms with Crippen LogP contribution in [0.25, 0.3) is 155 Å². The molecule has 0 N–H and O–H groups in total. The fourth-order valence-electron chi connectivity index (χ4n) is 20.3. The number of hydrogen-bond donors (Lipinski definition) is 0. The summed E-state index contributed by atoms with van der Waals surface area (Å²) in [5, 5.41) is 21.4. The van der Waals surface area contributed by atoms with Crippen molar-refractivity contribution in [3.8, 4) is 33.4 Å². The molecule has 3 atom stereocenters. The van der Waals surface area contributed by atoms with Crippen molar-refractivity contribution in [3.05, 3.63) is 365 Å². The van der Waals surface area contributed by atoms with Gasteiger partial charge in [-0.15, -0.1) is 22.7 Å². The summed E-state index contributed by atoms with van der Waals surface area (Å²) in [7, 11) is 0. The van der Waals surface area contributed by atoms with Crippen LogP contribution in [0.5, 0.6) is 0 Å². The molecule has 0 fully saturated rings. The maximum Gasteiger partial charge on any atom is 0.0361 e. The van der Waals surface area contributed by atoms with E-state index in [-0.39, 0.29) is 16.7 Å². The van der Waals surface area contributed by atoms with Gasteiger partial charge in [-0.1, -0.05) is 306 Å². The highest BCUT2D eigenvalue weighted by Gasteiger charge is 2.45. The molecule has 0 aliphatic heterocycles. The summed E-state index contributed by atoms with van der Waals surface area (Å²) in [5.74, 6) is 0.856. The molecular formula is C102H72S2. The van der Waals surface area contributed by atoms with E-state index in [2.05, 4.69) is 337 Å². The summed E-state index contributed by atoms with van der Waals surface area (Å²) in [6.45, 7) is 9.84. The molecule has 2 aromatic heterocycles. The van der Waals surface area contributed by atoms with E-state index in [1.165, 1.54) is 211 Å². The van der Waals surface area contributed by atoms with Crippen molar-refractivity contribution in [3.63, 3.8) is 0 Å².